The van der Waals surface area contributed by atoms with Crippen LogP contribution in [0.25, 0.3) is 0 Å². The zero-order chi connectivity index (χ0) is 21.4. The lowest BCUT2D eigenvalue weighted by atomic mass is 9.72. The first kappa shape index (κ1) is 21.1. The zero-order valence-corrected chi connectivity index (χ0v) is 18.7. The number of fused-ring (bicyclic) bond motifs is 1. The van der Waals surface area contributed by atoms with Crippen LogP contribution in [-0.4, -0.2) is 24.1 Å². The van der Waals surface area contributed by atoms with Crippen LogP contribution in [0.15, 0.2) is 30.3 Å². The van der Waals surface area contributed by atoms with Gasteiger partial charge in [0.25, 0.3) is 0 Å². The number of carbonyl (C=O) groups excluding carboxylic acids is 2. The molecule has 1 N–H and O–H groups in total. The van der Waals surface area contributed by atoms with Gasteiger partial charge >= 0.3 is 6.09 Å². The van der Waals surface area contributed by atoms with Gasteiger partial charge in [0.15, 0.2) is 5.78 Å². The number of hydrogen-bond acceptors (Lipinski definition) is 5. The molecule has 4 rings (SSSR count). The number of amides is 1. The molecular formula is C24H29NO4S. The Balaban J connectivity index is 1.82. The molecule has 0 bridgehead atoms. The second-order valence-electron chi connectivity index (χ2n) is 8.76. The van der Waals surface area contributed by atoms with Crippen LogP contribution < -0.4 is 5.32 Å². The summed E-state index contributed by atoms with van der Waals surface area (Å²) in [5, 5.41) is 3.44. The predicted molar refractivity (Wildman–Crippen MR) is 118 cm³/mol. The lowest BCUT2D eigenvalue weighted by molar-refractivity contribution is -0.0383. The molecule has 1 fully saturated rings. The average Bonchev–Trinajstić information content (AvgIpc) is 3.33. The van der Waals surface area contributed by atoms with Crippen molar-refractivity contribution in [3.8, 4) is 0 Å². The molecule has 0 atom stereocenters. The molecule has 2 aromatic rings. The van der Waals surface area contributed by atoms with Gasteiger partial charge in [0, 0.05) is 11.3 Å². The van der Waals surface area contributed by atoms with Crippen molar-refractivity contribution in [2.45, 2.75) is 70.5 Å². The second kappa shape index (κ2) is 8.16. The van der Waals surface area contributed by atoms with Gasteiger partial charge in [-0.15, -0.1) is 11.3 Å². The lowest BCUT2D eigenvalue weighted by Crippen LogP contribution is -2.36. The fraction of sp³-hybridized carbons (Fsp3) is 0.500. The van der Waals surface area contributed by atoms with Crippen molar-refractivity contribution in [2.75, 3.05) is 11.9 Å². The second-order valence-corrected chi connectivity index (χ2v) is 9.87. The summed E-state index contributed by atoms with van der Waals surface area (Å²) in [6.45, 7) is 6.59. The third kappa shape index (κ3) is 3.79. The van der Waals surface area contributed by atoms with Crippen molar-refractivity contribution in [3.63, 3.8) is 0 Å². The van der Waals surface area contributed by atoms with Gasteiger partial charge in [-0.25, -0.2) is 4.79 Å². The van der Waals surface area contributed by atoms with Gasteiger partial charge in [-0.2, -0.15) is 0 Å². The highest BCUT2D eigenvalue weighted by molar-refractivity contribution is 7.17. The molecule has 5 nitrogen and oxygen atoms in total. The molecule has 1 aromatic carbocycles. The number of ether oxygens (including phenoxy) is 2. The Bertz CT molecular complexity index is 942. The van der Waals surface area contributed by atoms with Crippen LogP contribution in [0.3, 0.4) is 0 Å². The Morgan fingerprint density at radius 3 is 2.53 bits per heavy atom. The molecule has 0 radical (unpaired) electrons. The molecule has 160 valence electrons. The molecule has 0 saturated heterocycles. The summed E-state index contributed by atoms with van der Waals surface area (Å²) in [5.41, 5.74) is 1.87. The minimum atomic E-state index is -0.538. The molecule has 2 aliphatic rings. The van der Waals surface area contributed by atoms with Crippen LogP contribution in [-0.2, 0) is 27.9 Å². The monoisotopic (exact) mass is 427 g/mol. The third-order valence-electron chi connectivity index (χ3n) is 6.22. The van der Waals surface area contributed by atoms with Crippen molar-refractivity contribution in [1.82, 2.24) is 0 Å². The van der Waals surface area contributed by atoms with Crippen molar-refractivity contribution in [3.05, 3.63) is 51.9 Å². The minimum absolute atomic E-state index is 0.119. The van der Waals surface area contributed by atoms with Gasteiger partial charge in [-0.05, 0) is 44.7 Å². The molecule has 0 unspecified atom stereocenters. The maximum atomic E-state index is 14.2. The van der Waals surface area contributed by atoms with Crippen LogP contribution in [0.2, 0.25) is 0 Å². The number of rotatable bonds is 5. The molecule has 1 aliphatic carbocycles. The third-order valence-corrected chi connectivity index (χ3v) is 7.34. The normalized spacial score (nSPS) is 19.2. The molecular weight excluding hydrogens is 398 g/mol. The van der Waals surface area contributed by atoms with Crippen molar-refractivity contribution in [2.24, 2.45) is 0 Å². The lowest BCUT2D eigenvalue weighted by Gasteiger charge is -2.32. The van der Waals surface area contributed by atoms with Crippen molar-refractivity contribution >= 4 is 28.2 Å². The fourth-order valence-corrected chi connectivity index (χ4v) is 5.88. The summed E-state index contributed by atoms with van der Waals surface area (Å²) < 4.78 is 11.1. The van der Waals surface area contributed by atoms with E-state index in [0.29, 0.717) is 23.6 Å². The van der Waals surface area contributed by atoms with E-state index in [0.717, 1.165) is 41.7 Å². The first-order valence-electron chi connectivity index (χ1n) is 10.7. The summed E-state index contributed by atoms with van der Waals surface area (Å²) in [6.07, 6.45) is 3.85. The molecule has 0 spiro atoms. The quantitative estimate of drug-likeness (QED) is 0.607. The van der Waals surface area contributed by atoms with E-state index in [1.807, 2.05) is 32.0 Å². The topological polar surface area (TPSA) is 64.6 Å². The van der Waals surface area contributed by atoms with Gasteiger partial charge in [0.1, 0.15) is 5.00 Å². The highest BCUT2D eigenvalue weighted by atomic mass is 32.1. The van der Waals surface area contributed by atoms with E-state index in [4.69, 9.17) is 9.47 Å². The summed E-state index contributed by atoms with van der Waals surface area (Å²) in [4.78, 5) is 27.5. The Kier molecular flexibility index (Phi) is 5.73. The summed E-state index contributed by atoms with van der Waals surface area (Å²) in [7, 11) is 0. The Morgan fingerprint density at radius 2 is 1.87 bits per heavy atom. The first-order chi connectivity index (χ1) is 14.4. The number of carbonyl (C=O) groups is 2. The SMILES string of the molecule is CCOC(=O)Nc1sc2c(c1C(=O)C1(c3ccccc3)CCCC1)CC(C)(C)OC2. The van der Waals surface area contributed by atoms with Crippen LogP contribution in [0.5, 0.6) is 0 Å². The molecule has 1 aromatic heterocycles. The van der Waals surface area contributed by atoms with E-state index in [2.05, 4.69) is 17.4 Å². The van der Waals surface area contributed by atoms with Crippen molar-refractivity contribution < 1.29 is 19.1 Å². The Hall–Kier alpha value is -2.18. The number of hydrogen-bond donors (Lipinski definition) is 1. The molecule has 1 amide bonds. The summed E-state index contributed by atoms with van der Waals surface area (Å²) in [6, 6.07) is 10.1. The van der Waals surface area contributed by atoms with E-state index in [-0.39, 0.29) is 18.0 Å². The maximum Gasteiger partial charge on any atom is 0.412 e. The highest BCUT2D eigenvalue weighted by Gasteiger charge is 2.46. The summed E-state index contributed by atoms with van der Waals surface area (Å²) >= 11 is 1.44. The van der Waals surface area contributed by atoms with Gasteiger partial charge in [0.05, 0.1) is 29.8 Å². The van der Waals surface area contributed by atoms with Crippen LogP contribution in [0.1, 0.15) is 72.8 Å². The van der Waals surface area contributed by atoms with E-state index in [1.165, 1.54) is 11.3 Å². The number of thiophene rings is 1. The van der Waals surface area contributed by atoms with Gasteiger partial charge in [0.2, 0.25) is 0 Å². The number of anilines is 1. The molecule has 2 heterocycles. The van der Waals surface area contributed by atoms with Gasteiger partial charge < -0.3 is 9.47 Å². The molecule has 1 aliphatic heterocycles. The van der Waals surface area contributed by atoms with Crippen LogP contribution in [0.4, 0.5) is 9.80 Å². The number of ketones is 1. The van der Waals surface area contributed by atoms with Crippen molar-refractivity contribution in [1.29, 1.82) is 0 Å². The average molecular weight is 428 g/mol. The number of nitrogens with one attached hydrogen (secondary N) is 1. The van der Waals surface area contributed by atoms with E-state index >= 15 is 0 Å². The minimum Gasteiger partial charge on any atom is -0.450 e. The number of Topliss-reactive ketones (excluding diaryl/α,β-unsaturated/α-hetero) is 1. The molecule has 1 saturated carbocycles. The molecule has 30 heavy (non-hydrogen) atoms. The predicted octanol–water partition coefficient (Wildman–Crippen LogP) is 5.86. The Labute approximate surface area is 181 Å². The standard InChI is InChI=1S/C24H29NO4S/c1-4-28-22(27)25-21-19(17-14-23(2,3)29-15-18(17)30-21)20(26)24(12-8-9-13-24)16-10-6-5-7-11-16/h5-7,10-11H,4,8-9,12-15H2,1-3H3,(H,25,27). The Morgan fingerprint density at radius 1 is 1.17 bits per heavy atom. The smallest absolute Gasteiger partial charge is 0.412 e. The van der Waals surface area contributed by atoms with Crippen LogP contribution in [0, 0.1) is 0 Å². The first-order valence-corrected chi connectivity index (χ1v) is 11.5. The van der Waals surface area contributed by atoms with Gasteiger partial charge in [-0.3, -0.25) is 10.1 Å². The van der Waals surface area contributed by atoms with E-state index < -0.39 is 11.5 Å². The van der Waals surface area contributed by atoms with Gasteiger partial charge in [-0.1, -0.05) is 43.2 Å². The largest absolute Gasteiger partial charge is 0.450 e. The molecule has 6 heteroatoms. The van der Waals surface area contributed by atoms with E-state index in [9.17, 15) is 9.59 Å². The zero-order valence-electron chi connectivity index (χ0n) is 17.9. The fourth-order valence-electron chi connectivity index (χ4n) is 4.76. The van der Waals surface area contributed by atoms with Crippen LogP contribution >= 0.6 is 11.3 Å². The summed E-state index contributed by atoms with van der Waals surface area (Å²) in [5.74, 6) is 0.119. The highest BCUT2D eigenvalue weighted by Crippen LogP contribution is 2.48. The van der Waals surface area contributed by atoms with E-state index in [1.54, 1.807) is 6.92 Å². The number of benzene rings is 1. The maximum absolute atomic E-state index is 14.2.